The van der Waals surface area contributed by atoms with Gasteiger partial charge in [0.1, 0.15) is 5.75 Å². The highest BCUT2D eigenvalue weighted by molar-refractivity contribution is 5.56. The Morgan fingerprint density at radius 1 is 1.05 bits per heavy atom. The molecule has 0 bridgehead atoms. The Hall–Kier alpha value is -2.17. The predicted molar refractivity (Wildman–Crippen MR) is 71.7 cm³/mol. The van der Waals surface area contributed by atoms with Gasteiger partial charge in [0.15, 0.2) is 0 Å². The third kappa shape index (κ3) is 3.04. The largest absolute Gasteiger partial charge is 0.497 e. The highest BCUT2D eigenvalue weighted by Gasteiger charge is 2.33. The molecule has 2 aromatic carbocycles. The molecule has 106 valence electrons. The molecular formula is C15H14F3NO. The maximum Gasteiger partial charge on any atom is 0.418 e. The van der Waals surface area contributed by atoms with Crippen LogP contribution in [0.1, 0.15) is 16.7 Å². The number of methoxy groups -OCH3 is 1. The van der Waals surface area contributed by atoms with E-state index in [2.05, 4.69) is 0 Å². The summed E-state index contributed by atoms with van der Waals surface area (Å²) < 4.78 is 43.3. The summed E-state index contributed by atoms with van der Waals surface area (Å²) in [7, 11) is 1.56. The van der Waals surface area contributed by atoms with Gasteiger partial charge in [-0.1, -0.05) is 24.3 Å². The van der Waals surface area contributed by atoms with Crippen LogP contribution in [-0.4, -0.2) is 7.11 Å². The normalized spacial score (nSPS) is 11.4. The fourth-order valence-corrected chi connectivity index (χ4v) is 1.98. The number of nitrogens with two attached hydrogens (primary N) is 1. The van der Waals surface area contributed by atoms with Crippen LogP contribution in [-0.2, 0) is 12.6 Å². The van der Waals surface area contributed by atoms with Gasteiger partial charge in [0.2, 0.25) is 0 Å². The maximum absolute atomic E-state index is 12.8. The SMILES string of the molecule is COc1ccc(Cc2cccc(C(F)(F)F)c2N)cc1. The molecule has 0 aliphatic carbocycles. The zero-order chi connectivity index (χ0) is 14.8. The molecule has 0 saturated carbocycles. The Labute approximate surface area is 115 Å². The summed E-state index contributed by atoms with van der Waals surface area (Å²) in [6, 6.07) is 11.1. The first-order chi connectivity index (χ1) is 9.41. The van der Waals surface area contributed by atoms with Gasteiger partial charge in [-0.15, -0.1) is 0 Å². The Bertz CT molecular complexity index is 591. The van der Waals surface area contributed by atoms with Gasteiger partial charge in [0.05, 0.1) is 12.7 Å². The molecule has 0 aromatic heterocycles. The summed E-state index contributed by atoms with van der Waals surface area (Å²) in [5, 5.41) is 0. The second-order valence-electron chi connectivity index (χ2n) is 4.40. The number of alkyl halides is 3. The van der Waals surface area contributed by atoms with Gasteiger partial charge in [0, 0.05) is 5.69 Å². The van der Waals surface area contributed by atoms with Crippen molar-refractivity contribution in [2.75, 3.05) is 12.8 Å². The molecule has 0 spiro atoms. The van der Waals surface area contributed by atoms with Crippen LogP contribution in [0, 0.1) is 0 Å². The molecule has 2 nitrogen and oxygen atoms in total. The number of rotatable bonds is 3. The van der Waals surface area contributed by atoms with Crippen LogP contribution in [0.5, 0.6) is 5.75 Å². The molecule has 20 heavy (non-hydrogen) atoms. The lowest BCUT2D eigenvalue weighted by molar-refractivity contribution is -0.136. The number of ether oxygens (including phenoxy) is 1. The average molecular weight is 281 g/mol. The second-order valence-corrected chi connectivity index (χ2v) is 4.40. The zero-order valence-corrected chi connectivity index (χ0v) is 10.9. The van der Waals surface area contributed by atoms with E-state index in [9.17, 15) is 13.2 Å². The lowest BCUT2D eigenvalue weighted by atomic mass is 10.00. The van der Waals surface area contributed by atoms with Crippen molar-refractivity contribution in [2.45, 2.75) is 12.6 Å². The van der Waals surface area contributed by atoms with E-state index in [1.807, 2.05) is 0 Å². The van der Waals surface area contributed by atoms with E-state index in [0.717, 1.165) is 11.6 Å². The minimum absolute atomic E-state index is 0.212. The van der Waals surface area contributed by atoms with Crippen molar-refractivity contribution in [1.82, 2.24) is 0 Å². The number of hydrogen-bond acceptors (Lipinski definition) is 2. The van der Waals surface area contributed by atoms with E-state index in [-0.39, 0.29) is 5.69 Å². The molecule has 0 heterocycles. The van der Waals surface area contributed by atoms with Crippen LogP contribution in [0.25, 0.3) is 0 Å². The van der Waals surface area contributed by atoms with Gasteiger partial charge in [-0.3, -0.25) is 0 Å². The van der Waals surface area contributed by atoms with E-state index < -0.39 is 11.7 Å². The summed E-state index contributed by atoms with van der Waals surface area (Å²) in [6.45, 7) is 0. The van der Waals surface area contributed by atoms with Crippen molar-refractivity contribution in [2.24, 2.45) is 0 Å². The second kappa shape index (κ2) is 5.45. The van der Waals surface area contributed by atoms with Crippen LogP contribution in [0.15, 0.2) is 42.5 Å². The monoisotopic (exact) mass is 281 g/mol. The predicted octanol–water partition coefficient (Wildman–Crippen LogP) is 3.89. The fourth-order valence-electron chi connectivity index (χ4n) is 1.98. The van der Waals surface area contributed by atoms with Gasteiger partial charge < -0.3 is 10.5 Å². The first kappa shape index (κ1) is 14.2. The Balaban J connectivity index is 2.29. The fraction of sp³-hybridized carbons (Fsp3) is 0.200. The van der Waals surface area contributed by atoms with Crippen molar-refractivity contribution >= 4 is 5.69 Å². The van der Waals surface area contributed by atoms with E-state index in [0.29, 0.717) is 17.7 Å². The quantitative estimate of drug-likeness (QED) is 0.866. The van der Waals surface area contributed by atoms with Crippen molar-refractivity contribution < 1.29 is 17.9 Å². The lowest BCUT2D eigenvalue weighted by Gasteiger charge is -2.13. The molecule has 5 heteroatoms. The zero-order valence-electron chi connectivity index (χ0n) is 10.9. The van der Waals surface area contributed by atoms with Gasteiger partial charge >= 0.3 is 6.18 Å². The van der Waals surface area contributed by atoms with E-state index in [1.54, 1.807) is 37.4 Å². The van der Waals surface area contributed by atoms with Gasteiger partial charge in [-0.25, -0.2) is 0 Å². The molecule has 0 aliphatic rings. The summed E-state index contributed by atoms with van der Waals surface area (Å²) >= 11 is 0. The molecule has 0 unspecified atom stereocenters. The summed E-state index contributed by atoms with van der Waals surface area (Å²) in [5.41, 5.74) is 5.96. The summed E-state index contributed by atoms with van der Waals surface area (Å²) in [6.07, 6.45) is -4.08. The van der Waals surface area contributed by atoms with Crippen LogP contribution in [0.4, 0.5) is 18.9 Å². The number of halogens is 3. The van der Waals surface area contributed by atoms with Gasteiger partial charge in [-0.2, -0.15) is 13.2 Å². The van der Waals surface area contributed by atoms with Crippen LogP contribution < -0.4 is 10.5 Å². The minimum Gasteiger partial charge on any atom is -0.497 e. The molecule has 0 saturated heterocycles. The molecule has 2 N–H and O–H groups in total. The van der Waals surface area contributed by atoms with Gasteiger partial charge in [-0.05, 0) is 35.7 Å². The smallest absolute Gasteiger partial charge is 0.418 e. The Kier molecular flexibility index (Phi) is 3.88. The van der Waals surface area contributed by atoms with Crippen molar-refractivity contribution in [3.63, 3.8) is 0 Å². The molecule has 2 rings (SSSR count). The van der Waals surface area contributed by atoms with Crippen molar-refractivity contribution in [3.8, 4) is 5.75 Å². The first-order valence-corrected chi connectivity index (χ1v) is 5.99. The first-order valence-electron chi connectivity index (χ1n) is 5.99. The third-order valence-electron chi connectivity index (χ3n) is 3.06. The van der Waals surface area contributed by atoms with E-state index in [1.165, 1.54) is 6.07 Å². The maximum atomic E-state index is 12.8. The molecule has 0 fully saturated rings. The number of nitrogen functional groups attached to an aromatic ring is 1. The minimum atomic E-state index is -4.43. The third-order valence-corrected chi connectivity index (χ3v) is 3.06. The number of hydrogen-bond donors (Lipinski definition) is 1. The standard InChI is InChI=1S/C15H14F3NO/c1-20-12-7-5-10(6-8-12)9-11-3-2-4-13(14(11)19)15(16,17)18/h2-8H,9,19H2,1H3. The summed E-state index contributed by atoms with van der Waals surface area (Å²) in [5.74, 6) is 0.700. The molecule has 0 aliphatic heterocycles. The van der Waals surface area contributed by atoms with Crippen LogP contribution >= 0.6 is 0 Å². The highest BCUT2D eigenvalue weighted by atomic mass is 19.4. The number of benzene rings is 2. The molecule has 0 radical (unpaired) electrons. The topological polar surface area (TPSA) is 35.2 Å². The Morgan fingerprint density at radius 3 is 2.25 bits per heavy atom. The van der Waals surface area contributed by atoms with Crippen LogP contribution in [0.2, 0.25) is 0 Å². The highest BCUT2D eigenvalue weighted by Crippen LogP contribution is 2.35. The molecular weight excluding hydrogens is 267 g/mol. The van der Waals surface area contributed by atoms with Crippen molar-refractivity contribution in [3.05, 3.63) is 59.2 Å². The number of anilines is 1. The van der Waals surface area contributed by atoms with Crippen molar-refractivity contribution in [1.29, 1.82) is 0 Å². The average Bonchev–Trinajstić information content (AvgIpc) is 2.40. The summed E-state index contributed by atoms with van der Waals surface area (Å²) in [4.78, 5) is 0. The molecule has 0 atom stereocenters. The van der Waals surface area contributed by atoms with E-state index >= 15 is 0 Å². The van der Waals surface area contributed by atoms with Gasteiger partial charge in [0.25, 0.3) is 0 Å². The molecule has 0 amide bonds. The lowest BCUT2D eigenvalue weighted by Crippen LogP contribution is -2.10. The van der Waals surface area contributed by atoms with E-state index in [4.69, 9.17) is 10.5 Å². The van der Waals surface area contributed by atoms with Crippen LogP contribution in [0.3, 0.4) is 0 Å². The Morgan fingerprint density at radius 2 is 1.70 bits per heavy atom. The molecule has 2 aromatic rings. The number of para-hydroxylation sites is 1.